The van der Waals surface area contributed by atoms with Gasteiger partial charge in [-0.25, -0.2) is 0 Å². The maximum absolute atomic E-state index is 8.77. The Morgan fingerprint density at radius 1 is 1.33 bits per heavy atom. The highest BCUT2D eigenvalue weighted by molar-refractivity contribution is 5.14. The Kier molecular flexibility index (Phi) is 4.86. The number of nitriles is 1. The zero-order chi connectivity index (χ0) is 11.1. The molecule has 2 heteroatoms. The van der Waals surface area contributed by atoms with Crippen LogP contribution >= 0.6 is 0 Å². The molecule has 2 nitrogen and oxygen atoms in total. The lowest BCUT2D eigenvalue weighted by Crippen LogP contribution is -2.27. The van der Waals surface area contributed by atoms with E-state index in [1.165, 1.54) is 5.56 Å². The minimum absolute atomic E-state index is 0.105. The van der Waals surface area contributed by atoms with Crippen molar-refractivity contribution in [1.82, 2.24) is 4.90 Å². The summed E-state index contributed by atoms with van der Waals surface area (Å²) in [5.74, 6) is 0.105. The van der Waals surface area contributed by atoms with Gasteiger partial charge < -0.3 is 0 Å². The van der Waals surface area contributed by atoms with E-state index in [9.17, 15) is 0 Å². The fourth-order valence-corrected chi connectivity index (χ4v) is 1.58. The molecule has 0 saturated carbocycles. The van der Waals surface area contributed by atoms with Gasteiger partial charge in [-0.2, -0.15) is 5.26 Å². The monoisotopic (exact) mass is 202 g/mol. The van der Waals surface area contributed by atoms with Crippen LogP contribution in [0.4, 0.5) is 0 Å². The number of rotatable bonds is 5. The molecule has 0 N–H and O–H groups in total. The molecule has 0 aliphatic rings. The molecule has 80 valence electrons. The number of nitrogens with zero attached hydrogens (tertiary/aromatic N) is 2. The first-order valence-corrected chi connectivity index (χ1v) is 5.42. The summed E-state index contributed by atoms with van der Waals surface area (Å²) in [5, 5.41) is 8.77. The molecule has 0 aromatic heterocycles. The van der Waals surface area contributed by atoms with Gasteiger partial charge in [-0.15, -0.1) is 0 Å². The van der Waals surface area contributed by atoms with Gasteiger partial charge in [0.05, 0.1) is 12.0 Å². The van der Waals surface area contributed by atoms with E-state index in [1.54, 1.807) is 0 Å². The molecule has 0 bridgehead atoms. The number of benzene rings is 1. The van der Waals surface area contributed by atoms with Crippen LogP contribution in [0.1, 0.15) is 19.4 Å². The van der Waals surface area contributed by atoms with E-state index in [1.807, 2.05) is 13.0 Å². The second-order valence-electron chi connectivity index (χ2n) is 3.84. The Hall–Kier alpha value is -1.33. The third-order valence-electron chi connectivity index (χ3n) is 2.45. The highest BCUT2D eigenvalue weighted by atomic mass is 15.1. The Morgan fingerprint density at radius 2 is 2.00 bits per heavy atom. The van der Waals surface area contributed by atoms with Crippen LogP contribution in [0.2, 0.25) is 0 Å². The molecule has 0 unspecified atom stereocenters. The van der Waals surface area contributed by atoms with Crippen molar-refractivity contribution in [3.8, 4) is 6.07 Å². The zero-order valence-electron chi connectivity index (χ0n) is 9.48. The van der Waals surface area contributed by atoms with Crippen LogP contribution < -0.4 is 0 Å². The van der Waals surface area contributed by atoms with Gasteiger partial charge in [-0.3, -0.25) is 4.90 Å². The molecule has 0 radical (unpaired) electrons. The molecule has 1 aromatic carbocycles. The van der Waals surface area contributed by atoms with Gasteiger partial charge in [0.1, 0.15) is 0 Å². The molecule has 0 amide bonds. The summed E-state index contributed by atoms with van der Waals surface area (Å²) in [7, 11) is 0. The summed E-state index contributed by atoms with van der Waals surface area (Å²) < 4.78 is 0. The standard InChI is InChI=1S/C13H18N2/c1-3-15(10-12(2)9-14)11-13-7-5-4-6-8-13/h4-8,12H,3,10-11H2,1-2H3/t12-/m0/s1. The van der Waals surface area contributed by atoms with Gasteiger partial charge in [0.15, 0.2) is 0 Å². The number of hydrogen-bond acceptors (Lipinski definition) is 2. The van der Waals surface area contributed by atoms with Crippen LogP contribution in [-0.4, -0.2) is 18.0 Å². The zero-order valence-corrected chi connectivity index (χ0v) is 9.48. The van der Waals surface area contributed by atoms with E-state index < -0.39 is 0 Å². The lowest BCUT2D eigenvalue weighted by atomic mass is 10.1. The largest absolute Gasteiger partial charge is 0.298 e. The number of hydrogen-bond donors (Lipinski definition) is 0. The summed E-state index contributed by atoms with van der Waals surface area (Å²) in [5.41, 5.74) is 1.31. The van der Waals surface area contributed by atoms with Crippen LogP contribution in [0.15, 0.2) is 30.3 Å². The third kappa shape index (κ3) is 4.14. The topological polar surface area (TPSA) is 27.0 Å². The van der Waals surface area contributed by atoms with Gasteiger partial charge >= 0.3 is 0 Å². The van der Waals surface area contributed by atoms with Crippen LogP contribution in [0, 0.1) is 17.2 Å². The van der Waals surface area contributed by atoms with Crippen molar-refractivity contribution < 1.29 is 0 Å². The molecule has 1 atom stereocenters. The van der Waals surface area contributed by atoms with Crippen LogP contribution in [0.5, 0.6) is 0 Å². The molecule has 1 aromatic rings. The van der Waals surface area contributed by atoms with E-state index in [0.717, 1.165) is 19.6 Å². The molecule has 1 rings (SSSR count). The SMILES string of the molecule is CCN(Cc1ccccc1)C[C@@H](C)C#N. The fraction of sp³-hybridized carbons (Fsp3) is 0.462. The Labute approximate surface area is 92.1 Å². The molecule has 0 spiro atoms. The minimum Gasteiger partial charge on any atom is -0.298 e. The normalized spacial score (nSPS) is 12.4. The highest BCUT2D eigenvalue weighted by Crippen LogP contribution is 2.06. The molecule has 0 heterocycles. The van der Waals surface area contributed by atoms with Crippen molar-refractivity contribution in [2.24, 2.45) is 5.92 Å². The summed E-state index contributed by atoms with van der Waals surface area (Å²) in [6, 6.07) is 12.7. The maximum Gasteiger partial charge on any atom is 0.0666 e. The van der Waals surface area contributed by atoms with Crippen molar-refractivity contribution in [3.05, 3.63) is 35.9 Å². The average molecular weight is 202 g/mol. The van der Waals surface area contributed by atoms with E-state index in [4.69, 9.17) is 5.26 Å². The Morgan fingerprint density at radius 3 is 2.53 bits per heavy atom. The average Bonchev–Trinajstić information content (AvgIpc) is 2.29. The molecule has 0 saturated heterocycles. The van der Waals surface area contributed by atoms with Gasteiger partial charge in [0.25, 0.3) is 0 Å². The predicted molar refractivity (Wildman–Crippen MR) is 62.2 cm³/mol. The second-order valence-corrected chi connectivity index (χ2v) is 3.84. The van der Waals surface area contributed by atoms with Crippen LogP contribution in [-0.2, 0) is 6.54 Å². The first-order chi connectivity index (χ1) is 7.26. The molecular weight excluding hydrogens is 184 g/mol. The lowest BCUT2D eigenvalue weighted by molar-refractivity contribution is 0.260. The van der Waals surface area contributed by atoms with E-state index in [2.05, 4.69) is 42.2 Å². The van der Waals surface area contributed by atoms with E-state index in [-0.39, 0.29) is 5.92 Å². The minimum atomic E-state index is 0.105. The maximum atomic E-state index is 8.77. The summed E-state index contributed by atoms with van der Waals surface area (Å²) >= 11 is 0. The second kappa shape index (κ2) is 6.21. The molecule has 15 heavy (non-hydrogen) atoms. The lowest BCUT2D eigenvalue weighted by Gasteiger charge is -2.21. The van der Waals surface area contributed by atoms with E-state index >= 15 is 0 Å². The van der Waals surface area contributed by atoms with Crippen molar-refractivity contribution in [2.75, 3.05) is 13.1 Å². The summed E-state index contributed by atoms with van der Waals surface area (Å²) in [6.07, 6.45) is 0. The quantitative estimate of drug-likeness (QED) is 0.734. The smallest absolute Gasteiger partial charge is 0.0666 e. The van der Waals surface area contributed by atoms with Crippen LogP contribution in [0.25, 0.3) is 0 Å². The van der Waals surface area contributed by atoms with Gasteiger partial charge in [0.2, 0.25) is 0 Å². The predicted octanol–water partition coefficient (Wildman–Crippen LogP) is 2.67. The molecule has 0 fully saturated rings. The van der Waals surface area contributed by atoms with Crippen molar-refractivity contribution in [1.29, 1.82) is 5.26 Å². The van der Waals surface area contributed by atoms with Gasteiger partial charge in [-0.1, -0.05) is 37.3 Å². The van der Waals surface area contributed by atoms with Crippen molar-refractivity contribution in [2.45, 2.75) is 20.4 Å². The Bertz CT molecular complexity index is 313. The highest BCUT2D eigenvalue weighted by Gasteiger charge is 2.07. The van der Waals surface area contributed by atoms with E-state index in [0.29, 0.717) is 0 Å². The van der Waals surface area contributed by atoms with Gasteiger partial charge in [0, 0.05) is 13.1 Å². The summed E-state index contributed by atoms with van der Waals surface area (Å²) in [4.78, 5) is 2.29. The summed E-state index contributed by atoms with van der Waals surface area (Å²) in [6.45, 7) is 6.87. The first-order valence-electron chi connectivity index (χ1n) is 5.42. The van der Waals surface area contributed by atoms with Crippen LogP contribution in [0.3, 0.4) is 0 Å². The third-order valence-corrected chi connectivity index (χ3v) is 2.45. The fourth-order valence-electron chi connectivity index (χ4n) is 1.58. The van der Waals surface area contributed by atoms with Crippen molar-refractivity contribution in [3.63, 3.8) is 0 Å². The Balaban J connectivity index is 2.51. The molecule has 0 aliphatic carbocycles. The molecule has 0 aliphatic heterocycles. The van der Waals surface area contributed by atoms with Crippen molar-refractivity contribution >= 4 is 0 Å². The van der Waals surface area contributed by atoms with Gasteiger partial charge in [-0.05, 0) is 19.0 Å². The molecular formula is C13H18N2. The first kappa shape index (κ1) is 11.7.